The predicted molar refractivity (Wildman–Crippen MR) is 59.1 cm³/mol. The zero-order valence-corrected chi connectivity index (χ0v) is 9.80. The van der Waals surface area contributed by atoms with Gasteiger partial charge in [0, 0.05) is 17.6 Å². The lowest BCUT2D eigenvalue weighted by molar-refractivity contribution is 0.0820. The molecule has 0 saturated heterocycles. The molecule has 1 heterocycles. The van der Waals surface area contributed by atoms with E-state index >= 15 is 0 Å². The fourth-order valence-corrected chi connectivity index (χ4v) is 2.58. The molecule has 0 N–H and O–H groups in total. The van der Waals surface area contributed by atoms with Crippen LogP contribution in [0, 0.1) is 0 Å². The first-order chi connectivity index (χ1) is 7.16. The van der Waals surface area contributed by atoms with Crippen molar-refractivity contribution in [3.63, 3.8) is 0 Å². The summed E-state index contributed by atoms with van der Waals surface area (Å²) in [5.41, 5.74) is 2.43. The quantitative estimate of drug-likeness (QED) is 0.802. The maximum Gasteiger partial charge on any atom is 0.251 e. The predicted octanol–water partition coefficient (Wildman–Crippen LogP) is 3.07. The normalized spacial score (nSPS) is 16.8. The number of hydrogen-bond acceptors (Lipinski definition) is 1. The second kappa shape index (κ2) is 4.58. The summed E-state index contributed by atoms with van der Waals surface area (Å²) < 4.78 is 25.5. The lowest BCUT2D eigenvalue weighted by Crippen LogP contribution is -2.34. The summed E-state index contributed by atoms with van der Waals surface area (Å²) >= 11 is 3.49. The van der Waals surface area contributed by atoms with Gasteiger partial charge in [0.1, 0.15) is 0 Å². The van der Waals surface area contributed by atoms with Gasteiger partial charge in [0.25, 0.3) is 6.43 Å². The number of alkyl halides is 2. The molecule has 0 aliphatic carbocycles. The first-order valence-electron chi connectivity index (χ1n) is 4.93. The van der Waals surface area contributed by atoms with Crippen molar-refractivity contribution < 1.29 is 8.78 Å². The number of hydrogen-bond donors (Lipinski definition) is 0. The summed E-state index contributed by atoms with van der Waals surface area (Å²) in [6.07, 6.45) is -1.39. The van der Waals surface area contributed by atoms with Gasteiger partial charge in [0.05, 0.1) is 6.54 Å². The van der Waals surface area contributed by atoms with Crippen molar-refractivity contribution in [1.29, 1.82) is 0 Å². The summed E-state index contributed by atoms with van der Waals surface area (Å²) in [6, 6.07) is 5.97. The number of halogens is 3. The standard InChI is InChI=1S/C11H12BrF2N/c12-10-3-1-2-8-6-15(7-11(13)14)5-4-9(8)10/h1-3,11H,4-7H2. The molecule has 0 saturated carbocycles. The number of benzene rings is 1. The van der Waals surface area contributed by atoms with Gasteiger partial charge in [0.2, 0.25) is 0 Å². The molecular weight excluding hydrogens is 264 g/mol. The number of rotatable bonds is 2. The van der Waals surface area contributed by atoms with E-state index in [0.29, 0.717) is 6.54 Å². The van der Waals surface area contributed by atoms with E-state index in [1.807, 2.05) is 18.2 Å². The molecule has 1 aliphatic rings. The Morgan fingerprint density at radius 3 is 2.93 bits per heavy atom. The Labute approximate surface area is 96.2 Å². The maximum atomic E-state index is 12.2. The second-order valence-corrected chi connectivity index (χ2v) is 4.61. The van der Waals surface area contributed by atoms with Crippen LogP contribution in [0.3, 0.4) is 0 Å². The summed E-state index contributed by atoms with van der Waals surface area (Å²) in [5, 5.41) is 0. The molecule has 0 radical (unpaired) electrons. The SMILES string of the molecule is FC(F)CN1CCc2c(Br)cccc2C1. The minimum atomic E-state index is -2.24. The van der Waals surface area contributed by atoms with Gasteiger partial charge >= 0.3 is 0 Å². The summed E-state index contributed by atoms with van der Waals surface area (Å²) in [7, 11) is 0. The molecule has 15 heavy (non-hydrogen) atoms. The van der Waals surface area contributed by atoms with E-state index in [1.54, 1.807) is 4.90 Å². The maximum absolute atomic E-state index is 12.2. The Bertz CT molecular complexity index is 354. The molecule has 1 nitrogen and oxygen atoms in total. The highest BCUT2D eigenvalue weighted by Gasteiger charge is 2.20. The van der Waals surface area contributed by atoms with E-state index < -0.39 is 6.43 Å². The fraction of sp³-hybridized carbons (Fsp3) is 0.455. The zero-order chi connectivity index (χ0) is 10.8. The zero-order valence-electron chi connectivity index (χ0n) is 8.22. The largest absolute Gasteiger partial charge is 0.293 e. The van der Waals surface area contributed by atoms with E-state index in [0.717, 1.165) is 23.0 Å². The van der Waals surface area contributed by atoms with Gasteiger partial charge in [0.15, 0.2) is 0 Å². The average Bonchev–Trinajstić information content (AvgIpc) is 2.17. The van der Waals surface area contributed by atoms with Crippen LogP contribution in [-0.4, -0.2) is 24.4 Å². The third kappa shape index (κ3) is 2.55. The van der Waals surface area contributed by atoms with Gasteiger partial charge in [-0.25, -0.2) is 8.78 Å². The van der Waals surface area contributed by atoms with E-state index in [4.69, 9.17) is 0 Å². The van der Waals surface area contributed by atoms with E-state index in [1.165, 1.54) is 5.56 Å². The van der Waals surface area contributed by atoms with Gasteiger partial charge in [-0.2, -0.15) is 0 Å². The molecule has 1 aromatic rings. The van der Waals surface area contributed by atoms with Crippen molar-refractivity contribution in [2.24, 2.45) is 0 Å². The number of nitrogens with zero attached hydrogens (tertiary/aromatic N) is 1. The van der Waals surface area contributed by atoms with Crippen LogP contribution >= 0.6 is 15.9 Å². The van der Waals surface area contributed by atoms with Gasteiger partial charge in [-0.05, 0) is 23.6 Å². The highest BCUT2D eigenvalue weighted by molar-refractivity contribution is 9.10. The molecule has 0 bridgehead atoms. The van der Waals surface area contributed by atoms with Gasteiger partial charge in [-0.3, -0.25) is 4.90 Å². The van der Waals surface area contributed by atoms with Gasteiger partial charge < -0.3 is 0 Å². The first-order valence-corrected chi connectivity index (χ1v) is 5.73. The summed E-state index contributed by atoms with van der Waals surface area (Å²) in [4.78, 5) is 1.80. The van der Waals surface area contributed by atoms with Crippen LogP contribution in [-0.2, 0) is 13.0 Å². The Morgan fingerprint density at radius 1 is 1.40 bits per heavy atom. The van der Waals surface area contributed by atoms with E-state index in [2.05, 4.69) is 15.9 Å². The Kier molecular flexibility index (Phi) is 3.36. The second-order valence-electron chi connectivity index (χ2n) is 3.75. The van der Waals surface area contributed by atoms with Crippen LogP contribution in [0.4, 0.5) is 8.78 Å². The molecule has 2 rings (SSSR count). The third-order valence-electron chi connectivity index (χ3n) is 2.68. The van der Waals surface area contributed by atoms with Gasteiger partial charge in [-0.15, -0.1) is 0 Å². The van der Waals surface area contributed by atoms with Crippen LogP contribution in [0.2, 0.25) is 0 Å². The lowest BCUT2D eigenvalue weighted by Gasteiger charge is -2.28. The minimum absolute atomic E-state index is 0.119. The molecule has 0 unspecified atom stereocenters. The number of fused-ring (bicyclic) bond motifs is 1. The van der Waals surface area contributed by atoms with Crippen molar-refractivity contribution in [3.05, 3.63) is 33.8 Å². The Hall–Kier alpha value is -0.480. The van der Waals surface area contributed by atoms with Crippen LogP contribution < -0.4 is 0 Å². The van der Waals surface area contributed by atoms with Crippen LogP contribution in [0.1, 0.15) is 11.1 Å². The van der Waals surface area contributed by atoms with Crippen LogP contribution in [0.5, 0.6) is 0 Å². The van der Waals surface area contributed by atoms with E-state index in [9.17, 15) is 8.78 Å². The smallest absolute Gasteiger partial charge is 0.251 e. The highest BCUT2D eigenvalue weighted by atomic mass is 79.9. The highest BCUT2D eigenvalue weighted by Crippen LogP contribution is 2.26. The van der Waals surface area contributed by atoms with Crippen molar-refractivity contribution in [1.82, 2.24) is 4.90 Å². The lowest BCUT2D eigenvalue weighted by atomic mass is 10.00. The van der Waals surface area contributed by atoms with Crippen molar-refractivity contribution >= 4 is 15.9 Å². The van der Waals surface area contributed by atoms with Crippen molar-refractivity contribution in [2.75, 3.05) is 13.1 Å². The van der Waals surface area contributed by atoms with Crippen LogP contribution in [0.25, 0.3) is 0 Å². The summed E-state index contributed by atoms with van der Waals surface area (Å²) in [5.74, 6) is 0. The molecule has 4 heteroatoms. The van der Waals surface area contributed by atoms with E-state index in [-0.39, 0.29) is 6.54 Å². The first kappa shape index (κ1) is 11.0. The third-order valence-corrected chi connectivity index (χ3v) is 3.43. The molecule has 0 spiro atoms. The molecule has 0 aromatic heterocycles. The monoisotopic (exact) mass is 275 g/mol. The molecule has 1 aromatic carbocycles. The van der Waals surface area contributed by atoms with Crippen molar-refractivity contribution in [3.8, 4) is 0 Å². The van der Waals surface area contributed by atoms with Crippen LogP contribution in [0.15, 0.2) is 22.7 Å². The molecular formula is C11H12BrF2N. The molecule has 0 amide bonds. The Morgan fingerprint density at radius 2 is 2.20 bits per heavy atom. The summed E-state index contributed by atoms with van der Waals surface area (Å²) in [6.45, 7) is 1.24. The van der Waals surface area contributed by atoms with Crippen molar-refractivity contribution in [2.45, 2.75) is 19.4 Å². The fourth-order valence-electron chi connectivity index (χ4n) is 1.97. The minimum Gasteiger partial charge on any atom is -0.293 e. The molecule has 82 valence electrons. The topological polar surface area (TPSA) is 3.24 Å². The molecule has 0 atom stereocenters. The molecule has 1 aliphatic heterocycles. The Balaban J connectivity index is 2.13. The average molecular weight is 276 g/mol. The molecule has 0 fully saturated rings. The van der Waals surface area contributed by atoms with Gasteiger partial charge in [-0.1, -0.05) is 28.1 Å².